The van der Waals surface area contributed by atoms with E-state index in [1.165, 1.54) is 11.3 Å². The third-order valence-electron chi connectivity index (χ3n) is 3.59. The van der Waals surface area contributed by atoms with Crippen LogP contribution in [-0.4, -0.2) is 46.9 Å². The van der Waals surface area contributed by atoms with E-state index in [0.717, 1.165) is 44.2 Å². The normalized spacial score (nSPS) is 16.3. The van der Waals surface area contributed by atoms with Crippen molar-refractivity contribution in [3.63, 3.8) is 0 Å². The van der Waals surface area contributed by atoms with Crippen LogP contribution >= 0.6 is 11.3 Å². The highest BCUT2D eigenvalue weighted by Crippen LogP contribution is 2.14. The molecule has 7 heteroatoms. The number of carbonyl (C=O) groups is 1. The van der Waals surface area contributed by atoms with Crippen molar-refractivity contribution in [1.29, 1.82) is 0 Å². The Labute approximate surface area is 127 Å². The SMILES string of the molecule is Nc1nc(CC(=O)N2CCN(Cc3ccco3)CC2)cs1. The molecule has 0 aliphatic carbocycles. The lowest BCUT2D eigenvalue weighted by Crippen LogP contribution is -2.48. The Morgan fingerprint density at radius 2 is 2.19 bits per heavy atom. The first-order valence-corrected chi connectivity index (χ1v) is 7.81. The zero-order valence-corrected chi connectivity index (χ0v) is 12.5. The van der Waals surface area contributed by atoms with E-state index in [0.29, 0.717) is 11.6 Å². The van der Waals surface area contributed by atoms with E-state index in [-0.39, 0.29) is 5.91 Å². The van der Waals surface area contributed by atoms with Gasteiger partial charge in [-0.15, -0.1) is 11.3 Å². The lowest BCUT2D eigenvalue weighted by Gasteiger charge is -2.34. The van der Waals surface area contributed by atoms with Crippen molar-refractivity contribution in [2.75, 3.05) is 31.9 Å². The number of anilines is 1. The smallest absolute Gasteiger partial charge is 0.228 e. The van der Waals surface area contributed by atoms with E-state index >= 15 is 0 Å². The molecular weight excluding hydrogens is 288 g/mol. The Morgan fingerprint density at radius 3 is 2.81 bits per heavy atom. The average molecular weight is 306 g/mol. The molecule has 0 spiro atoms. The Hall–Kier alpha value is -1.86. The number of hydrogen-bond donors (Lipinski definition) is 1. The van der Waals surface area contributed by atoms with Crippen LogP contribution in [0.3, 0.4) is 0 Å². The summed E-state index contributed by atoms with van der Waals surface area (Å²) in [4.78, 5) is 20.5. The minimum absolute atomic E-state index is 0.123. The van der Waals surface area contributed by atoms with Gasteiger partial charge in [-0.05, 0) is 12.1 Å². The summed E-state index contributed by atoms with van der Waals surface area (Å²) in [5.41, 5.74) is 6.35. The van der Waals surface area contributed by atoms with Crippen molar-refractivity contribution >= 4 is 22.4 Å². The summed E-state index contributed by atoms with van der Waals surface area (Å²) in [5.74, 6) is 1.09. The van der Waals surface area contributed by atoms with Gasteiger partial charge in [0, 0.05) is 31.6 Å². The molecule has 112 valence electrons. The topological polar surface area (TPSA) is 75.6 Å². The molecule has 0 bridgehead atoms. The molecule has 2 aromatic heterocycles. The van der Waals surface area contributed by atoms with Crippen LogP contribution in [0, 0.1) is 0 Å². The van der Waals surface area contributed by atoms with Crippen molar-refractivity contribution < 1.29 is 9.21 Å². The van der Waals surface area contributed by atoms with Gasteiger partial charge in [-0.25, -0.2) is 4.98 Å². The summed E-state index contributed by atoms with van der Waals surface area (Å²) in [6.45, 7) is 4.03. The van der Waals surface area contributed by atoms with E-state index in [2.05, 4.69) is 9.88 Å². The van der Waals surface area contributed by atoms with Gasteiger partial charge in [0.1, 0.15) is 5.76 Å². The fourth-order valence-electron chi connectivity index (χ4n) is 2.45. The number of nitrogens with zero attached hydrogens (tertiary/aromatic N) is 3. The number of amides is 1. The largest absolute Gasteiger partial charge is 0.468 e. The van der Waals surface area contributed by atoms with E-state index in [1.807, 2.05) is 22.4 Å². The molecule has 0 radical (unpaired) electrons. The maximum absolute atomic E-state index is 12.2. The molecule has 1 aliphatic heterocycles. The highest BCUT2D eigenvalue weighted by atomic mass is 32.1. The van der Waals surface area contributed by atoms with Gasteiger partial charge in [-0.1, -0.05) is 0 Å². The Bertz CT molecular complexity index is 588. The molecule has 2 N–H and O–H groups in total. The van der Waals surface area contributed by atoms with Crippen LogP contribution in [0.2, 0.25) is 0 Å². The number of piperazine rings is 1. The van der Waals surface area contributed by atoms with Crippen LogP contribution in [-0.2, 0) is 17.8 Å². The van der Waals surface area contributed by atoms with Crippen molar-refractivity contribution in [1.82, 2.24) is 14.8 Å². The molecule has 0 unspecified atom stereocenters. The second kappa shape index (κ2) is 6.28. The average Bonchev–Trinajstić information content (AvgIpc) is 3.12. The highest BCUT2D eigenvalue weighted by Gasteiger charge is 2.22. The fourth-order valence-corrected chi connectivity index (χ4v) is 3.01. The van der Waals surface area contributed by atoms with Crippen LogP contribution in [0.5, 0.6) is 0 Å². The lowest BCUT2D eigenvalue weighted by molar-refractivity contribution is -0.132. The van der Waals surface area contributed by atoms with Crippen molar-refractivity contribution in [3.05, 3.63) is 35.2 Å². The monoisotopic (exact) mass is 306 g/mol. The molecule has 0 atom stereocenters. The van der Waals surface area contributed by atoms with Crippen LogP contribution in [0.15, 0.2) is 28.2 Å². The number of thiazole rings is 1. The lowest BCUT2D eigenvalue weighted by atomic mass is 10.2. The fraction of sp³-hybridized carbons (Fsp3) is 0.429. The summed E-state index contributed by atoms with van der Waals surface area (Å²) in [7, 11) is 0. The third-order valence-corrected chi connectivity index (χ3v) is 4.31. The number of hydrogen-bond acceptors (Lipinski definition) is 6. The van der Waals surface area contributed by atoms with Gasteiger partial charge in [0.15, 0.2) is 5.13 Å². The van der Waals surface area contributed by atoms with Gasteiger partial charge in [-0.2, -0.15) is 0 Å². The van der Waals surface area contributed by atoms with Gasteiger partial charge >= 0.3 is 0 Å². The van der Waals surface area contributed by atoms with Crippen LogP contribution in [0.1, 0.15) is 11.5 Å². The Kier molecular flexibility index (Phi) is 4.21. The molecule has 1 saturated heterocycles. The number of nitrogen functional groups attached to an aromatic ring is 1. The number of nitrogens with two attached hydrogens (primary N) is 1. The molecule has 2 aromatic rings. The molecule has 0 aromatic carbocycles. The predicted molar refractivity (Wildman–Crippen MR) is 80.8 cm³/mol. The quantitative estimate of drug-likeness (QED) is 0.919. The van der Waals surface area contributed by atoms with Crippen molar-refractivity contribution in [3.8, 4) is 0 Å². The summed E-state index contributed by atoms with van der Waals surface area (Å²) in [6, 6.07) is 3.87. The van der Waals surface area contributed by atoms with Gasteiger partial charge in [-0.3, -0.25) is 9.69 Å². The first-order chi connectivity index (χ1) is 10.2. The van der Waals surface area contributed by atoms with Crippen molar-refractivity contribution in [2.24, 2.45) is 0 Å². The third kappa shape index (κ3) is 3.62. The predicted octanol–water partition coefficient (Wildman–Crippen LogP) is 1.21. The van der Waals surface area contributed by atoms with Gasteiger partial charge in [0.25, 0.3) is 0 Å². The zero-order chi connectivity index (χ0) is 14.7. The second-order valence-corrected chi connectivity index (χ2v) is 5.98. The van der Waals surface area contributed by atoms with Gasteiger partial charge in [0.05, 0.1) is 24.9 Å². The molecule has 3 rings (SSSR count). The second-order valence-electron chi connectivity index (χ2n) is 5.09. The number of carbonyl (C=O) groups excluding carboxylic acids is 1. The first kappa shape index (κ1) is 14.1. The summed E-state index contributed by atoms with van der Waals surface area (Å²) in [5, 5.41) is 2.36. The summed E-state index contributed by atoms with van der Waals surface area (Å²) < 4.78 is 5.35. The highest BCUT2D eigenvalue weighted by molar-refractivity contribution is 7.13. The number of furan rings is 1. The summed E-state index contributed by atoms with van der Waals surface area (Å²) >= 11 is 1.37. The van der Waals surface area contributed by atoms with Gasteiger partial charge in [0.2, 0.25) is 5.91 Å². The number of aromatic nitrogens is 1. The maximum atomic E-state index is 12.2. The van der Waals surface area contributed by atoms with E-state index < -0.39 is 0 Å². The number of rotatable bonds is 4. The molecule has 0 saturated carbocycles. The molecule has 21 heavy (non-hydrogen) atoms. The Balaban J connectivity index is 1.47. The molecule has 1 fully saturated rings. The molecule has 1 amide bonds. The standard InChI is InChI=1S/C14H18N4O2S/c15-14-16-11(10-21-14)8-13(19)18-5-3-17(4-6-18)9-12-2-1-7-20-12/h1-2,7,10H,3-6,8-9H2,(H2,15,16). The molecular formula is C14H18N4O2S. The zero-order valence-electron chi connectivity index (χ0n) is 11.7. The molecule has 6 nitrogen and oxygen atoms in total. The minimum atomic E-state index is 0.123. The van der Waals surface area contributed by atoms with Gasteiger partial charge < -0.3 is 15.1 Å². The van der Waals surface area contributed by atoms with Crippen molar-refractivity contribution in [2.45, 2.75) is 13.0 Å². The van der Waals surface area contributed by atoms with E-state index in [1.54, 1.807) is 6.26 Å². The Morgan fingerprint density at radius 1 is 1.38 bits per heavy atom. The van der Waals surface area contributed by atoms with E-state index in [4.69, 9.17) is 10.2 Å². The molecule has 1 aliphatic rings. The van der Waals surface area contributed by atoms with Crippen LogP contribution in [0.4, 0.5) is 5.13 Å². The summed E-state index contributed by atoms with van der Waals surface area (Å²) in [6.07, 6.45) is 2.03. The van der Waals surface area contributed by atoms with E-state index in [9.17, 15) is 4.79 Å². The first-order valence-electron chi connectivity index (χ1n) is 6.93. The minimum Gasteiger partial charge on any atom is -0.468 e. The van der Waals surface area contributed by atoms with Crippen LogP contribution < -0.4 is 5.73 Å². The maximum Gasteiger partial charge on any atom is 0.228 e. The van der Waals surface area contributed by atoms with Crippen LogP contribution in [0.25, 0.3) is 0 Å². The molecule has 3 heterocycles.